The first-order valence-electron chi connectivity index (χ1n) is 7.99. The number of carboxylic acid groups (broad SMARTS) is 1. The van der Waals surface area contributed by atoms with Gasteiger partial charge in [-0.05, 0) is 25.7 Å². The van der Waals surface area contributed by atoms with Crippen LogP contribution in [0.2, 0.25) is 0 Å². The van der Waals surface area contributed by atoms with Crippen molar-refractivity contribution in [3.8, 4) is 0 Å². The molecule has 2 heterocycles. The summed E-state index contributed by atoms with van der Waals surface area (Å²) in [5, 5.41) is 8.67. The van der Waals surface area contributed by atoms with E-state index in [0.717, 1.165) is 25.9 Å². The molecule has 2 aliphatic rings. The number of rotatable bonds is 4. The van der Waals surface area contributed by atoms with Crippen LogP contribution in [0, 0.1) is 5.92 Å². The number of carbonyl (C=O) groups excluding carboxylic acids is 2. The standard InChI is InChI=1S/C15H25N3O4/c1-16(9-6-13(19)20)14(21)12-4-10-18(11-5-12)15(22)17-7-2-3-8-17/h12H,2-11H2,1H3,(H,19,20). The maximum atomic E-state index is 12.3. The third-order valence-corrected chi connectivity index (χ3v) is 4.53. The number of carbonyl (C=O) groups is 3. The summed E-state index contributed by atoms with van der Waals surface area (Å²) in [4.78, 5) is 40.3. The Morgan fingerprint density at radius 1 is 1.05 bits per heavy atom. The fraction of sp³-hybridized carbons (Fsp3) is 0.800. The van der Waals surface area contributed by atoms with E-state index in [-0.39, 0.29) is 30.8 Å². The van der Waals surface area contributed by atoms with Crippen LogP contribution >= 0.6 is 0 Å². The van der Waals surface area contributed by atoms with Gasteiger partial charge in [0.1, 0.15) is 0 Å². The zero-order valence-corrected chi connectivity index (χ0v) is 13.2. The smallest absolute Gasteiger partial charge is 0.319 e. The fourth-order valence-corrected chi connectivity index (χ4v) is 3.11. The first kappa shape index (κ1) is 16.6. The van der Waals surface area contributed by atoms with E-state index in [9.17, 15) is 14.4 Å². The quantitative estimate of drug-likeness (QED) is 0.834. The van der Waals surface area contributed by atoms with Crippen molar-refractivity contribution in [1.82, 2.24) is 14.7 Å². The predicted octanol–water partition coefficient (Wildman–Crippen LogP) is 0.847. The molecule has 0 unspecified atom stereocenters. The third kappa shape index (κ3) is 4.11. The SMILES string of the molecule is CN(CCC(=O)O)C(=O)C1CCN(C(=O)N2CCCC2)CC1. The van der Waals surface area contributed by atoms with Crippen molar-refractivity contribution in [2.45, 2.75) is 32.1 Å². The van der Waals surface area contributed by atoms with Crippen molar-refractivity contribution >= 4 is 17.9 Å². The minimum atomic E-state index is -0.898. The van der Waals surface area contributed by atoms with Crippen LogP contribution in [0.5, 0.6) is 0 Å². The molecular formula is C15H25N3O4. The second kappa shape index (κ2) is 7.47. The molecule has 0 saturated carbocycles. The van der Waals surface area contributed by atoms with Gasteiger partial charge in [0.2, 0.25) is 5.91 Å². The van der Waals surface area contributed by atoms with Crippen molar-refractivity contribution in [2.24, 2.45) is 5.92 Å². The van der Waals surface area contributed by atoms with Crippen molar-refractivity contribution in [2.75, 3.05) is 39.8 Å². The van der Waals surface area contributed by atoms with E-state index in [1.54, 1.807) is 7.05 Å². The van der Waals surface area contributed by atoms with Crippen molar-refractivity contribution < 1.29 is 19.5 Å². The molecule has 0 spiro atoms. The average molecular weight is 311 g/mol. The molecular weight excluding hydrogens is 286 g/mol. The minimum Gasteiger partial charge on any atom is -0.481 e. The summed E-state index contributed by atoms with van der Waals surface area (Å²) in [6.45, 7) is 3.14. The second-order valence-electron chi connectivity index (χ2n) is 6.14. The normalized spacial score (nSPS) is 19.3. The van der Waals surface area contributed by atoms with E-state index < -0.39 is 5.97 Å². The van der Waals surface area contributed by atoms with Crippen LogP contribution in [0.1, 0.15) is 32.1 Å². The summed E-state index contributed by atoms with van der Waals surface area (Å²) in [5.41, 5.74) is 0. The largest absolute Gasteiger partial charge is 0.481 e. The molecule has 0 aromatic rings. The Morgan fingerprint density at radius 2 is 1.59 bits per heavy atom. The van der Waals surface area contributed by atoms with Gasteiger partial charge in [0.05, 0.1) is 6.42 Å². The number of likely N-dealkylation sites (tertiary alicyclic amines) is 2. The van der Waals surface area contributed by atoms with Crippen molar-refractivity contribution in [3.05, 3.63) is 0 Å². The molecule has 22 heavy (non-hydrogen) atoms. The van der Waals surface area contributed by atoms with Crippen LogP contribution in [0.25, 0.3) is 0 Å². The van der Waals surface area contributed by atoms with Crippen molar-refractivity contribution in [1.29, 1.82) is 0 Å². The van der Waals surface area contributed by atoms with E-state index in [1.165, 1.54) is 4.90 Å². The summed E-state index contributed by atoms with van der Waals surface area (Å²) >= 11 is 0. The van der Waals surface area contributed by atoms with Crippen LogP contribution in [0.4, 0.5) is 4.79 Å². The molecule has 7 nitrogen and oxygen atoms in total. The van der Waals surface area contributed by atoms with Crippen LogP contribution < -0.4 is 0 Å². The van der Waals surface area contributed by atoms with Gasteiger partial charge in [-0.2, -0.15) is 0 Å². The van der Waals surface area contributed by atoms with Gasteiger partial charge in [0, 0.05) is 45.7 Å². The van der Waals surface area contributed by atoms with E-state index in [1.807, 2.05) is 9.80 Å². The number of hydrogen-bond acceptors (Lipinski definition) is 3. The molecule has 1 N–H and O–H groups in total. The van der Waals surface area contributed by atoms with E-state index in [4.69, 9.17) is 5.11 Å². The molecule has 0 aromatic heterocycles. The highest BCUT2D eigenvalue weighted by Gasteiger charge is 2.31. The van der Waals surface area contributed by atoms with E-state index >= 15 is 0 Å². The van der Waals surface area contributed by atoms with E-state index in [0.29, 0.717) is 25.9 Å². The number of piperidine rings is 1. The Bertz CT molecular complexity index is 427. The topological polar surface area (TPSA) is 81.2 Å². The number of carboxylic acids is 1. The Labute approximate surface area is 130 Å². The van der Waals surface area contributed by atoms with Gasteiger partial charge >= 0.3 is 12.0 Å². The summed E-state index contributed by atoms with van der Waals surface area (Å²) in [6.07, 6.45) is 3.45. The van der Waals surface area contributed by atoms with Gasteiger partial charge in [0.15, 0.2) is 0 Å². The monoisotopic (exact) mass is 311 g/mol. The Morgan fingerprint density at radius 3 is 2.14 bits per heavy atom. The van der Waals surface area contributed by atoms with Crippen LogP contribution in [0.15, 0.2) is 0 Å². The Hall–Kier alpha value is -1.79. The summed E-state index contributed by atoms with van der Waals surface area (Å²) in [6, 6.07) is 0.0997. The lowest BCUT2D eigenvalue weighted by atomic mass is 9.95. The van der Waals surface area contributed by atoms with Crippen LogP contribution in [0.3, 0.4) is 0 Å². The molecule has 2 rings (SSSR count). The predicted molar refractivity (Wildman–Crippen MR) is 80.4 cm³/mol. The Balaban J connectivity index is 1.77. The molecule has 2 fully saturated rings. The average Bonchev–Trinajstić information content (AvgIpc) is 3.05. The van der Waals surface area contributed by atoms with Gasteiger partial charge < -0.3 is 19.8 Å². The zero-order valence-electron chi connectivity index (χ0n) is 13.2. The first-order valence-corrected chi connectivity index (χ1v) is 7.99. The van der Waals surface area contributed by atoms with Crippen LogP contribution in [-0.4, -0.2) is 77.5 Å². The van der Waals surface area contributed by atoms with Gasteiger partial charge in [0.25, 0.3) is 0 Å². The highest BCUT2D eigenvalue weighted by atomic mass is 16.4. The minimum absolute atomic E-state index is 0.00507. The summed E-state index contributed by atoms with van der Waals surface area (Å²) in [7, 11) is 1.65. The lowest BCUT2D eigenvalue weighted by Crippen LogP contribution is -2.48. The van der Waals surface area contributed by atoms with Crippen LogP contribution in [-0.2, 0) is 9.59 Å². The van der Waals surface area contributed by atoms with Gasteiger partial charge in [-0.3, -0.25) is 9.59 Å². The van der Waals surface area contributed by atoms with Gasteiger partial charge in [-0.1, -0.05) is 0 Å². The first-order chi connectivity index (χ1) is 10.5. The zero-order chi connectivity index (χ0) is 16.1. The maximum absolute atomic E-state index is 12.3. The molecule has 0 radical (unpaired) electrons. The number of aliphatic carboxylic acids is 1. The highest BCUT2D eigenvalue weighted by molar-refractivity contribution is 5.80. The molecule has 3 amide bonds. The van der Waals surface area contributed by atoms with Crippen molar-refractivity contribution in [3.63, 3.8) is 0 Å². The second-order valence-corrected chi connectivity index (χ2v) is 6.14. The molecule has 124 valence electrons. The number of amides is 3. The Kier molecular flexibility index (Phi) is 5.63. The molecule has 2 aliphatic heterocycles. The molecule has 0 aromatic carbocycles. The third-order valence-electron chi connectivity index (χ3n) is 4.53. The highest BCUT2D eigenvalue weighted by Crippen LogP contribution is 2.21. The molecule has 7 heteroatoms. The van der Waals surface area contributed by atoms with E-state index in [2.05, 4.69) is 0 Å². The molecule has 0 atom stereocenters. The summed E-state index contributed by atoms with van der Waals surface area (Å²) < 4.78 is 0. The van der Waals surface area contributed by atoms with Gasteiger partial charge in [-0.25, -0.2) is 4.79 Å². The molecule has 0 bridgehead atoms. The maximum Gasteiger partial charge on any atom is 0.319 e. The number of hydrogen-bond donors (Lipinski definition) is 1. The number of nitrogens with zero attached hydrogens (tertiary/aromatic N) is 3. The number of urea groups is 1. The lowest BCUT2D eigenvalue weighted by molar-refractivity contribution is -0.139. The summed E-state index contributed by atoms with van der Waals surface area (Å²) in [5.74, 6) is -0.998. The molecule has 0 aliphatic carbocycles. The molecule has 2 saturated heterocycles. The lowest BCUT2D eigenvalue weighted by Gasteiger charge is -2.35. The fourth-order valence-electron chi connectivity index (χ4n) is 3.11. The van der Waals surface area contributed by atoms with Gasteiger partial charge in [-0.15, -0.1) is 0 Å².